The second kappa shape index (κ2) is 6.86. The molecule has 0 aromatic rings. The molecule has 1 aliphatic carbocycles. The van der Waals surface area contributed by atoms with Crippen LogP contribution in [0.1, 0.15) is 26.2 Å². The molecule has 0 aromatic carbocycles. The molecule has 0 aromatic heterocycles. The molecule has 2 aliphatic rings. The second-order valence-corrected chi connectivity index (χ2v) is 8.04. The fraction of sp³-hybridized carbons (Fsp3) is 0.857. The highest BCUT2D eigenvalue weighted by atomic mass is 32.2. The number of hydrogen-bond acceptors (Lipinski definition) is 4. The minimum absolute atomic E-state index is 0.130. The first kappa shape index (κ1) is 15.0. The summed E-state index contributed by atoms with van der Waals surface area (Å²) in [6.07, 6.45) is 7.52. The number of rotatable bonds is 6. The van der Waals surface area contributed by atoms with Crippen LogP contribution in [0.2, 0.25) is 0 Å². The average molecular weight is 287 g/mol. The van der Waals surface area contributed by atoms with Crippen molar-refractivity contribution in [1.29, 1.82) is 0 Å². The Bertz CT molecular complexity index is 405. The van der Waals surface area contributed by atoms with Gasteiger partial charge in [0.1, 0.15) is 0 Å². The first-order valence-corrected chi connectivity index (χ1v) is 9.05. The molecule has 1 aliphatic heterocycles. The van der Waals surface area contributed by atoms with Crippen LogP contribution in [0.4, 0.5) is 0 Å². The van der Waals surface area contributed by atoms with Gasteiger partial charge in [0.2, 0.25) is 0 Å². The van der Waals surface area contributed by atoms with Crippen molar-refractivity contribution >= 4 is 9.84 Å². The molecule has 1 heterocycles. The minimum atomic E-state index is -2.77. The van der Waals surface area contributed by atoms with E-state index in [0.29, 0.717) is 24.2 Å². The minimum Gasteiger partial charge on any atom is -0.380 e. The molecule has 0 amide bonds. The van der Waals surface area contributed by atoms with Gasteiger partial charge in [0.25, 0.3) is 0 Å². The Hall–Kier alpha value is -0.390. The Labute approximate surface area is 116 Å². The van der Waals surface area contributed by atoms with Crippen LogP contribution in [0.25, 0.3) is 0 Å². The molecule has 1 fully saturated rings. The Balaban J connectivity index is 1.54. The SMILES string of the molecule is CC1CC=CCC1COCCNC1CCS(=O)(=O)C1. The monoisotopic (exact) mass is 287 g/mol. The number of sulfone groups is 1. The summed E-state index contributed by atoms with van der Waals surface area (Å²) in [5, 5.41) is 3.27. The summed E-state index contributed by atoms with van der Waals surface area (Å²) in [7, 11) is -2.77. The van der Waals surface area contributed by atoms with Gasteiger partial charge >= 0.3 is 0 Å². The van der Waals surface area contributed by atoms with Crippen molar-refractivity contribution in [3.8, 4) is 0 Å². The molecule has 2 rings (SSSR count). The van der Waals surface area contributed by atoms with E-state index in [4.69, 9.17) is 4.74 Å². The van der Waals surface area contributed by atoms with Crippen LogP contribution >= 0.6 is 0 Å². The molecule has 0 radical (unpaired) electrons. The van der Waals surface area contributed by atoms with Gasteiger partial charge in [0.05, 0.1) is 24.7 Å². The first-order valence-electron chi connectivity index (χ1n) is 7.23. The smallest absolute Gasteiger partial charge is 0.151 e. The highest BCUT2D eigenvalue weighted by Crippen LogP contribution is 2.24. The largest absolute Gasteiger partial charge is 0.380 e. The van der Waals surface area contributed by atoms with Crippen LogP contribution < -0.4 is 5.32 Å². The fourth-order valence-corrected chi connectivity index (χ4v) is 4.47. The van der Waals surface area contributed by atoms with Gasteiger partial charge in [-0.05, 0) is 31.1 Å². The number of hydrogen-bond donors (Lipinski definition) is 1. The Morgan fingerprint density at radius 3 is 2.79 bits per heavy atom. The van der Waals surface area contributed by atoms with E-state index in [1.165, 1.54) is 0 Å². The highest BCUT2D eigenvalue weighted by Gasteiger charge is 2.27. The summed E-state index contributed by atoms with van der Waals surface area (Å²) in [5.74, 6) is 1.96. The molecule has 5 heteroatoms. The van der Waals surface area contributed by atoms with Crippen molar-refractivity contribution in [2.45, 2.75) is 32.2 Å². The van der Waals surface area contributed by atoms with Crippen LogP contribution in [-0.4, -0.2) is 45.7 Å². The lowest BCUT2D eigenvalue weighted by Gasteiger charge is -2.25. The molecular weight excluding hydrogens is 262 g/mol. The van der Waals surface area contributed by atoms with Crippen molar-refractivity contribution in [1.82, 2.24) is 5.32 Å². The maximum absolute atomic E-state index is 11.3. The molecule has 110 valence electrons. The van der Waals surface area contributed by atoms with Gasteiger partial charge in [-0.25, -0.2) is 8.42 Å². The maximum atomic E-state index is 11.3. The predicted octanol–water partition coefficient (Wildman–Crippen LogP) is 1.38. The van der Waals surface area contributed by atoms with E-state index >= 15 is 0 Å². The lowest BCUT2D eigenvalue weighted by atomic mass is 9.85. The van der Waals surface area contributed by atoms with Crippen LogP contribution in [-0.2, 0) is 14.6 Å². The Kier molecular flexibility index (Phi) is 5.42. The topological polar surface area (TPSA) is 55.4 Å². The number of allylic oxidation sites excluding steroid dienone is 2. The molecule has 4 nitrogen and oxygen atoms in total. The normalized spacial score (nSPS) is 33.6. The lowest BCUT2D eigenvalue weighted by Crippen LogP contribution is -2.33. The third-order valence-corrected chi connectivity index (χ3v) is 5.93. The standard InChI is InChI=1S/C14H25NO3S/c1-12-4-2-3-5-13(12)10-18-8-7-15-14-6-9-19(16,17)11-14/h2-3,12-15H,4-11H2,1H3. The Morgan fingerprint density at radius 1 is 1.32 bits per heavy atom. The van der Waals surface area contributed by atoms with E-state index in [1.54, 1.807) is 0 Å². The third kappa shape index (κ3) is 4.89. The van der Waals surface area contributed by atoms with Crippen molar-refractivity contribution < 1.29 is 13.2 Å². The van der Waals surface area contributed by atoms with E-state index in [0.717, 1.165) is 32.4 Å². The fourth-order valence-electron chi connectivity index (χ4n) is 2.76. The summed E-state index contributed by atoms with van der Waals surface area (Å²) < 4.78 is 28.3. The molecule has 1 N–H and O–H groups in total. The Morgan fingerprint density at radius 2 is 2.11 bits per heavy atom. The molecular formula is C14H25NO3S. The van der Waals surface area contributed by atoms with E-state index in [2.05, 4.69) is 24.4 Å². The van der Waals surface area contributed by atoms with Crippen LogP contribution in [0.3, 0.4) is 0 Å². The summed E-state index contributed by atoms with van der Waals surface area (Å²) in [6, 6.07) is 0.130. The van der Waals surface area contributed by atoms with Crippen molar-refractivity contribution in [2.24, 2.45) is 11.8 Å². The summed E-state index contributed by atoms with van der Waals surface area (Å²) in [6.45, 7) is 4.51. The first-order chi connectivity index (χ1) is 9.07. The van der Waals surface area contributed by atoms with Gasteiger partial charge in [0.15, 0.2) is 9.84 Å². The number of nitrogens with one attached hydrogen (secondary N) is 1. The summed E-state index contributed by atoms with van der Waals surface area (Å²) >= 11 is 0. The second-order valence-electron chi connectivity index (χ2n) is 5.81. The van der Waals surface area contributed by atoms with E-state index in [9.17, 15) is 8.42 Å². The molecule has 19 heavy (non-hydrogen) atoms. The average Bonchev–Trinajstić information content (AvgIpc) is 2.71. The molecule has 0 spiro atoms. The zero-order valence-corrected chi connectivity index (χ0v) is 12.5. The van der Waals surface area contributed by atoms with E-state index in [-0.39, 0.29) is 11.8 Å². The summed E-state index contributed by atoms with van der Waals surface area (Å²) in [4.78, 5) is 0. The molecule has 1 saturated heterocycles. The molecule has 0 bridgehead atoms. The lowest BCUT2D eigenvalue weighted by molar-refractivity contribution is 0.0799. The molecule has 3 unspecified atom stereocenters. The van der Waals surface area contributed by atoms with Gasteiger partial charge < -0.3 is 10.1 Å². The third-order valence-electron chi connectivity index (χ3n) is 4.16. The van der Waals surface area contributed by atoms with Gasteiger partial charge in [-0.1, -0.05) is 19.1 Å². The van der Waals surface area contributed by atoms with E-state index in [1.807, 2.05) is 0 Å². The van der Waals surface area contributed by atoms with E-state index < -0.39 is 9.84 Å². The summed E-state index contributed by atoms with van der Waals surface area (Å²) in [5.41, 5.74) is 0. The van der Waals surface area contributed by atoms with Crippen LogP contribution in [0, 0.1) is 11.8 Å². The zero-order valence-electron chi connectivity index (χ0n) is 11.7. The van der Waals surface area contributed by atoms with Gasteiger partial charge in [-0.15, -0.1) is 0 Å². The van der Waals surface area contributed by atoms with Gasteiger partial charge in [0, 0.05) is 12.6 Å². The van der Waals surface area contributed by atoms with Gasteiger partial charge in [-0.3, -0.25) is 0 Å². The van der Waals surface area contributed by atoms with Crippen LogP contribution in [0.5, 0.6) is 0 Å². The maximum Gasteiger partial charge on any atom is 0.151 e. The zero-order chi connectivity index (χ0) is 13.7. The quantitative estimate of drug-likeness (QED) is 0.592. The predicted molar refractivity (Wildman–Crippen MR) is 76.9 cm³/mol. The molecule has 3 atom stereocenters. The van der Waals surface area contributed by atoms with Crippen molar-refractivity contribution in [2.75, 3.05) is 31.3 Å². The molecule has 0 saturated carbocycles. The van der Waals surface area contributed by atoms with Crippen molar-refractivity contribution in [3.05, 3.63) is 12.2 Å². The van der Waals surface area contributed by atoms with Crippen LogP contribution in [0.15, 0.2) is 12.2 Å². The van der Waals surface area contributed by atoms with Gasteiger partial charge in [-0.2, -0.15) is 0 Å². The van der Waals surface area contributed by atoms with Crippen molar-refractivity contribution in [3.63, 3.8) is 0 Å². The number of ether oxygens (including phenoxy) is 1. The highest BCUT2D eigenvalue weighted by molar-refractivity contribution is 7.91.